The second-order valence-electron chi connectivity index (χ2n) is 4.85. The van der Waals surface area contributed by atoms with Crippen LogP contribution in [0, 0.1) is 0 Å². The van der Waals surface area contributed by atoms with Crippen molar-refractivity contribution in [2.24, 2.45) is 0 Å². The Morgan fingerprint density at radius 1 is 1.50 bits per heavy atom. The number of hydrogen-bond acceptors (Lipinski definition) is 4. The quantitative estimate of drug-likeness (QED) is 0.873. The third-order valence-corrected chi connectivity index (χ3v) is 3.69. The zero-order chi connectivity index (χ0) is 12.5. The van der Waals surface area contributed by atoms with Crippen LogP contribution in [0.25, 0.3) is 10.9 Å². The molecule has 1 fully saturated rings. The van der Waals surface area contributed by atoms with Crippen LogP contribution >= 0.6 is 11.6 Å². The minimum absolute atomic E-state index is 0.422. The number of aromatic amines is 1. The molecule has 2 aromatic rings. The molecule has 5 nitrogen and oxygen atoms in total. The van der Waals surface area contributed by atoms with E-state index in [4.69, 9.17) is 11.6 Å². The zero-order valence-electron chi connectivity index (χ0n) is 10.3. The maximum absolute atomic E-state index is 6.01. The van der Waals surface area contributed by atoms with Crippen molar-refractivity contribution >= 4 is 28.3 Å². The van der Waals surface area contributed by atoms with Gasteiger partial charge in [0, 0.05) is 24.2 Å². The molecule has 0 saturated carbocycles. The number of piperidine rings is 1. The van der Waals surface area contributed by atoms with E-state index in [1.54, 1.807) is 0 Å². The molecule has 3 rings (SSSR count). The Kier molecular flexibility index (Phi) is 3.09. The predicted octanol–water partition coefficient (Wildman–Crippen LogP) is 2.12. The molecule has 0 unspecified atom stereocenters. The van der Waals surface area contributed by atoms with Crippen LogP contribution in [-0.2, 0) is 0 Å². The predicted molar refractivity (Wildman–Crippen MR) is 73.0 cm³/mol. The van der Waals surface area contributed by atoms with Gasteiger partial charge in [0.05, 0.1) is 5.52 Å². The monoisotopic (exact) mass is 265 g/mol. The van der Waals surface area contributed by atoms with E-state index in [1.165, 1.54) is 13.0 Å². The van der Waals surface area contributed by atoms with Crippen LogP contribution in [-0.4, -0.2) is 46.3 Å². The van der Waals surface area contributed by atoms with Gasteiger partial charge in [0.25, 0.3) is 0 Å². The number of H-pyrrole nitrogens is 1. The van der Waals surface area contributed by atoms with Gasteiger partial charge in [0.15, 0.2) is 11.0 Å². The van der Waals surface area contributed by atoms with Crippen molar-refractivity contribution in [3.05, 3.63) is 17.4 Å². The molecular formula is C12H16ClN5. The van der Waals surface area contributed by atoms with Crippen molar-refractivity contribution in [1.29, 1.82) is 0 Å². The smallest absolute Gasteiger partial charge is 0.173 e. The van der Waals surface area contributed by atoms with Gasteiger partial charge in [0.2, 0.25) is 0 Å². The van der Waals surface area contributed by atoms with E-state index in [0.29, 0.717) is 11.2 Å². The molecule has 18 heavy (non-hydrogen) atoms. The van der Waals surface area contributed by atoms with Gasteiger partial charge >= 0.3 is 0 Å². The molecule has 0 amide bonds. The standard InChI is InChI=1S/C12H16ClN5/c1-18-6-2-3-8(7-18)15-12-10-9(4-5-14-10)11(13)16-17-12/h4-5,8,14H,2-3,6-7H2,1H3,(H,15,17)/t8-/m1/s1. The van der Waals surface area contributed by atoms with Crippen molar-refractivity contribution in [2.45, 2.75) is 18.9 Å². The first-order chi connectivity index (χ1) is 8.74. The summed E-state index contributed by atoms with van der Waals surface area (Å²) in [4.78, 5) is 5.50. The van der Waals surface area contributed by atoms with Gasteiger partial charge < -0.3 is 15.2 Å². The zero-order valence-corrected chi connectivity index (χ0v) is 11.0. The largest absolute Gasteiger partial charge is 0.363 e. The Morgan fingerprint density at radius 3 is 3.22 bits per heavy atom. The highest BCUT2D eigenvalue weighted by molar-refractivity contribution is 6.34. The Morgan fingerprint density at radius 2 is 2.39 bits per heavy atom. The summed E-state index contributed by atoms with van der Waals surface area (Å²) in [5.41, 5.74) is 0.934. The number of anilines is 1. The van der Waals surface area contributed by atoms with Crippen molar-refractivity contribution in [3.63, 3.8) is 0 Å². The van der Waals surface area contributed by atoms with Gasteiger partial charge in [-0.1, -0.05) is 11.6 Å². The van der Waals surface area contributed by atoms with Crippen LogP contribution in [0.2, 0.25) is 5.15 Å². The highest BCUT2D eigenvalue weighted by atomic mass is 35.5. The van der Waals surface area contributed by atoms with E-state index in [-0.39, 0.29) is 0 Å². The lowest BCUT2D eigenvalue weighted by molar-refractivity contribution is 0.261. The molecule has 0 aromatic carbocycles. The van der Waals surface area contributed by atoms with E-state index in [9.17, 15) is 0 Å². The lowest BCUT2D eigenvalue weighted by Gasteiger charge is -2.30. The van der Waals surface area contributed by atoms with Gasteiger partial charge in [-0.2, -0.15) is 0 Å². The summed E-state index contributed by atoms with van der Waals surface area (Å²) in [6, 6.07) is 2.34. The maximum Gasteiger partial charge on any atom is 0.173 e. The van der Waals surface area contributed by atoms with Gasteiger partial charge in [-0.15, -0.1) is 10.2 Å². The molecule has 2 aromatic heterocycles. The Bertz CT molecular complexity index is 552. The van der Waals surface area contributed by atoms with Gasteiger partial charge in [-0.05, 0) is 32.5 Å². The number of fused-ring (bicyclic) bond motifs is 1. The Hall–Kier alpha value is -1.33. The first kappa shape index (κ1) is 11.7. The van der Waals surface area contributed by atoms with E-state index in [2.05, 4.69) is 32.4 Å². The number of aromatic nitrogens is 3. The summed E-state index contributed by atoms with van der Waals surface area (Å²) < 4.78 is 0. The van der Waals surface area contributed by atoms with Crippen LogP contribution < -0.4 is 5.32 Å². The number of likely N-dealkylation sites (tertiary alicyclic amines) is 1. The summed E-state index contributed by atoms with van der Waals surface area (Å²) in [5, 5.41) is 13.0. The van der Waals surface area contributed by atoms with Crippen LogP contribution in [0.15, 0.2) is 12.3 Å². The Balaban J connectivity index is 1.86. The van der Waals surface area contributed by atoms with Crippen molar-refractivity contribution in [2.75, 3.05) is 25.5 Å². The molecule has 3 heterocycles. The van der Waals surface area contributed by atoms with E-state index in [1.807, 2.05) is 12.3 Å². The molecule has 2 N–H and O–H groups in total. The van der Waals surface area contributed by atoms with E-state index >= 15 is 0 Å². The summed E-state index contributed by atoms with van der Waals surface area (Å²) in [5.74, 6) is 0.791. The fraction of sp³-hybridized carbons (Fsp3) is 0.500. The number of rotatable bonds is 2. The average molecular weight is 266 g/mol. The fourth-order valence-electron chi connectivity index (χ4n) is 2.51. The van der Waals surface area contributed by atoms with Gasteiger partial charge in [-0.25, -0.2) is 0 Å². The highest BCUT2D eigenvalue weighted by Crippen LogP contribution is 2.25. The topological polar surface area (TPSA) is 56.8 Å². The van der Waals surface area contributed by atoms with Crippen LogP contribution in [0.1, 0.15) is 12.8 Å². The lowest BCUT2D eigenvalue weighted by atomic mass is 10.1. The molecule has 1 saturated heterocycles. The van der Waals surface area contributed by atoms with Gasteiger partial charge in [0.1, 0.15) is 0 Å². The molecule has 1 aliphatic rings. The molecule has 0 radical (unpaired) electrons. The number of hydrogen-bond donors (Lipinski definition) is 2. The molecule has 0 spiro atoms. The Labute approximate surface area is 111 Å². The average Bonchev–Trinajstić information content (AvgIpc) is 2.83. The number of halogens is 1. The van der Waals surface area contributed by atoms with Crippen molar-refractivity contribution in [1.82, 2.24) is 20.1 Å². The van der Waals surface area contributed by atoms with Crippen LogP contribution in [0.3, 0.4) is 0 Å². The summed E-state index contributed by atoms with van der Waals surface area (Å²) in [6.45, 7) is 2.20. The SMILES string of the molecule is CN1CCC[C@@H](Nc2nnc(Cl)c3cc[nH]c23)C1. The maximum atomic E-state index is 6.01. The van der Waals surface area contributed by atoms with Crippen LogP contribution in [0.5, 0.6) is 0 Å². The minimum atomic E-state index is 0.422. The molecule has 1 aliphatic heterocycles. The number of likely N-dealkylation sites (N-methyl/N-ethyl adjacent to an activating group) is 1. The third kappa shape index (κ3) is 2.15. The summed E-state index contributed by atoms with van der Waals surface area (Å²) >= 11 is 6.01. The second-order valence-corrected chi connectivity index (χ2v) is 5.21. The molecule has 0 bridgehead atoms. The molecule has 1 atom stereocenters. The first-order valence-corrected chi connectivity index (χ1v) is 6.56. The van der Waals surface area contributed by atoms with Crippen LogP contribution in [0.4, 0.5) is 5.82 Å². The molecule has 6 heteroatoms. The van der Waals surface area contributed by atoms with Crippen molar-refractivity contribution in [3.8, 4) is 0 Å². The van der Waals surface area contributed by atoms with Crippen molar-refractivity contribution < 1.29 is 0 Å². The highest BCUT2D eigenvalue weighted by Gasteiger charge is 2.19. The molecule has 96 valence electrons. The fourth-order valence-corrected chi connectivity index (χ4v) is 2.71. The third-order valence-electron chi connectivity index (χ3n) is 3.41. The molecule has 0 aliphatic carbocycles. The summed E-state index contributed by atoms with van der Waals surface area (Å²) in [6.07, 6.45) is 4.23. The van der Waals surface area contributed by atoms with Gasteiger partial charge in [-0.3, -0.25) is 0 Å². The first-order valence-electron chi connectivity index (χ1n) is 6.18. The second kappa shape index (κ2) is 4.74. The normalized spacial score (nSPS) is 21.3. The molecular weight excluding hydrogens is 250 g/mol. The minimum Gasteiger partial charge on any atom is -0.363 e. The van der Waals surface area contributed by atoms with E-state index < -0.39 is 0 Å². The number of nitrogens with zero attached hydrogens (tertiary/aromatic N) is 3. The van der Waals surface area contributed by atoms with E-state index in [0.717, 1.165) is 29.7 Å². The lowest BCUT2D eigenvalue weighted by Crippen LogP contribution is -2.40. The summed E-state index contributed by atoms with van der Waals surface area (Å²) in [7, 11) is 2.14. The number of nitrogens with one attached hydrogen (secondary N) is 2.